The SMILES string of the molecule is N=C(/C=C(\NCNC(N)c1ccc(C(/C=C(\N)c2ccc(-c3ccccc3)cc2)=N/Cc2ccc(-c3ccccc3)cc2)cc1)c1ccccc1)c1ccccc1. The summed E-state index contributed by atoms with van der Waals surface area (Å²) in [5, 5.41) is 15.5. The first-order valence-corrected chi connectivity index (χ1v) is 19.1. The van der Waals surface area contributed by atoms with Crippen molar-refractivity contribution in [2.45, 2.75) is 12.7 Å². The van der Waals surface area contributed by atoms with Crippen LogP contribution in [0.5, 0.6) is 0 Å². The molecular formula is C51H46N6. The predicted octanol–water partition coefficient (Wildman–Crippen LogP) is 10.2. The van der Waals surface area contributed by atoms with Crippen molar-refractivity contribution in [1.29, 1.82) is 5.41 Å². The molecule has 57 heavy (non-hydrogen) atoms. The Kier molecular flexibility index (Phi) is 12.7. The molecule has 0 aromatic heterocycles. The van der Waals surface area contributed by atoms with Crippen LogP contribution in [-0.4, -0.2) is 18.1 Å². The molecule has 7 aromatic rings. The van der Waals surface area contributed by atoms with Gasteiger partial charge in [0.2, 0.25) is 0 Å². The molecular weight excluding hydrogens is 697 g/mol. The van der Waals surface area contributed by atoms with Gasteiger partial charge in [-0.3, -0.25) is 10.3 Å². The molecule has 280 valence electrons. The number of rotatable bonds is 15. The number of nitrogens with zero attached hydrogens (tertiary/aromatic N) is 1. The molecule has 0 fully saturated rings. The van der Waals surface area contributed by atoms with Crippen molar-refractivity contribution in [3.63, 3.8) is 0 Å². The van der Waals surface area contributed by atoms with Crippen LogP contribution >= 0.6 is 0 Å². The average molecular weight is 743 g/mol. The number of nitrogens with two attached hydrogens (primary N) is 2. The molecule has 1 unspecified atom stereocenters. The summed E-state index contributed by atoms with van der Waals surface area (Å²) in [6.07, 6.45) is 3.36. The summed E-state index contributed by atoms with van der Waals surface area (Å²) in [5.41, 5.74) is 26.4. The molecule has 0 spiro atoms. The number of aliphatic imine (C=N–C) groups is 1. The molecule has 6 nitrogen and oxygen atoms in total. The Morgan fingerprint density at radius 3 is 1.56 bits per heavy atom. The van der Waals surface area contributed by atoms with Crippen LogP contribution in [0.4, 0.5) is 0 Å². The third kappa shape index (κ3) is 10.3. The van der Waals surface area contributed by atoms with Gasteiger partial charge in [-0.2, -0.15) is 0 Å². The monoisotopic (exact) mass is 742 g/mol. The van der Waals surface area contributed by atoms with Gasteiger partial charge >= 0.3 is 0 Å². The first-order chi connectivity index (χ1) is 28.0. The molecule has 0 amide bonds. The topological polar surface area (TPSA) is 112 Å². The van der Waals surface area contributed by atoms with Crippen molar-refractivity contribution in [3.05, 3.63) is 240 Å². The summed E-state index contributed by atoms with van der Waals surface area (Å²) in [4.78, 5) is 5.09. The highest BCUT2D eigenvalue weighted by Gasteiger charge is 2.11. The van der Waals surface area contributed by atoms with Gasteiger partial charge in [0.05, 0.1) is 30.8 Å². The Morgan fingerprint density at radius 1 is 0.526 bits per heavy atom. The largest absolute Gasteiger partial charge is 0.398 e. The van der Waals surface area contributed by atoms with Crippen LogP contribution in [-0.2, 0) is 6.54 Å². The van der Waals surface area contributed by atoms with Crippen LogP contribution in [0.3, 0.4) is 0 Å². The quantitative estimate of drug-likeness (QED) is 0.0532. The second kappa shape index (κ2) is 19.0. The maximum atomic E-state index is 8.69. The van der Waals surface area contributed by atoms with Crippen molar-refractivity contribution in [2.24, 2.45) is 16.5 Å². The third-order valence-electron chi connectivity index (χ3n) is 9.74. The summed E-state index contributed by atoms with van der Waals surface area (Å²) in [6, 6.07) is 65.4. The smallest absolute Gasteiger partial charge is 0.0823 e. The van der Waals surface area contributed by atoms with Gasteiger partial charge in [-0.25, -0.2) is 0 Å². The molecule has 0 aliphatic heterocycles. The normalized spacial score (nSPS) is 12.5. The molecule has 0 bridgehead atoms. The summed E-state index contributed by atoms with van der Waals surface area (Å²) < 4.78 is 0. The van der Waals surface area contributed by atoms with Crippen molar-refractivity contribution in [3.8, 4) is 22.3 Å². The molecule has 1 atom stereocenters. The van der Waals surface area contributed by atoms with Crippen LogP contribution in [0.2, 0.25) is 0 Å². The highest BCUT2D eigenvalue weighted by atomic mass is 15.1. The van der Waals surface area contributed by atoms with E-state index < -0.39 is 6.17 Å². The van der Waals surface area contributed by atoms with Crippen LogP contribution in [0, 0.1) is 5.41 Å². The van der Waals surface area contributed by atoms with E-state index in [0.717, 1.165) is 55.9 Å². The number of benzene rings is 7. The van der Waals surface area contributed by atoms with E-state index in [0.29, 0.717) is 24.6 Å². The van der Waals surface area contributed by atoms with Gasteiger partial charge in [0.1, 0.15) is 0 Å². The summed E-state index contributed by atoms with van der Waals surface area (Å²) in [6.45, 7) is 0.887. The van der Waals surface area contributed by atoms with Gasteiger partial charge in [0.25, 0.3) is 0 Å². The maximum absolute atomic E-state index is 8.69. The Balaban J connectivity index is 1.08. The van der Waals surface area contributed by atoms with Crippen molar-refractivity contribution in [2.75, 3.05) is 6.67 Å². The minimum absolute atomic E-state index is 0.393. The fourth-order valence-electron chi connectivity index (χ4n) is 6.48. The van der Waals surface area contributed by atoms with Gasteiger partial charge in [-0.05, 0) is 67.8 Å². The van der Waals surface area contributed by atoms with E-state index in [1.54, 1.807) is 0 Å². The van der Waals surface area contributed by atoms with E-state index in [2.05, 4.69) is 95.6 Å². The number of hydrogen-bond donors (Lipinski definition) is 5. The fourth-order valence-corrected chi connectivity index (χ4v) is 6.48. The first kappa shape index (κ1) is 38.2. The molecule has 0 saturated carbocycles. The fraction of sp³-hybridized carbons (Fsp3) is 0.0588. The lowest BCUT2D eigenvalue weighted by Gasteiger charge is -2.18. The zero-order chi connectivity index (χ0) is 39.2. The van der Waals surface area contributed by atoms with E-state index in [1.165, 1.54) is 11.1 Å². The zero-order valence-electron chi connectivity index (χ0n) is 31.7. The van der Waals surface area contributed by atoms with Crippen LogP contribution < -0.4 is 22.1 Å². The standard InChI is InChI=1S/C51H46N6/c52-47(42-17-9-3-10-18-42)34-50(44-19-11-4-12-20-44)56-36-57-51(54)46-31-29-45(30-32-46)49(55-35-37-21-23-40(24-22-37)38-13-5-1-6-14-38)33-48(53)43-27-25-41(26-28-43)39-15-7-2-8-16-39/h1-34,51-52,56-57H,35-36,53-54H2/b48-33-,50-34-,52-47?,55-49+. The average Bonchev–Trinajstić information content (AvgIpc) is 3.28. The molecule has 0 heterocycles. The van der Waals surface area contributed by atoms with Gasteiger partial charge in [-0.1, -0.05) is 194 Å². The molecule has 6 heteroatoms. The predicted molar refractivity (Wildman–Crippen MR) is 238 cm³/mol. The van der Waals surface area contributed by atoms with E-state index in [9.17, 15) is 0 Å². The Labute approximate surface area is 335 Å². The molecule has 0 radical (unpaired) electrons. The van der Waals surface area contributed by atoms with E-state index in [1.807, 2.05) is 121 Å². The van der Waals surface area contributed by atoms with Crippen molar-refractivity contribution in [1.82, 2.24) is 10.6 Å². The minimum atomic E-state index is -0.440. The molecule has 0 aliphatic rings. The van der Waals surface area contributed by atoms with Gasteiger partial charge < -0.3 is 22.2 Å². The Bertz CT molecular complexity index is 2440. The summed E-state index contributed by atoms with van der Waals surface area (Å²) in [5.74, 6) is 0. The lowest BCUT2D eigenvalue weighted by molar-refractivity contribution is 0.539. The molecule has 7 N–H and O–H groups in total. The number of allylic oxidation sites excluding steroid dienone is 2. The Hall–Kier alpha value is -7.12. The van der Waals surface area contributed by atoms with Gasteiger partial charge in [0.15, 0.2) is 0 Å². The molecule has 7 aromatic carbocycles. The zero-order valence-corrected chi connectivity index (χ0v) is 31.7. The van der Waals surface area contributed by atoms with E-state index in [-0.39, 0.29) is 0 Å². The van der Waals surface area contributed by atoms with Crippen LogP contribution in [0.25, 0.3) is 33.6 Å². The lowest BCUT2D eigenvalue weighted by atomic mass is 10.0. The van der Waals surface area contributed by atoms with Gasteiger partial charge in [-0.15, -0.1) is 0 Å². The Morgan fingerprint density at radius 2 is 1.00 bits per heavy atom. The van der Waals surface area contributed by atoms with Crippen molar-refractivity contribution < 1.29 is 0 Å². The molecule has 0 aliphatic carbocycles. The summed E-state index contributed by atoms with van der Waals surface area (Å²) >= 11 is 0. The highest BCUT2D eigenvalue weighted by Crippen LogP contribution is 2.23. The second-order valence-electron chi connectivity index (χ2n) is 13.7. The number of hydrogen-bond acceptors (Lipinski definition) is 6. The van der Waals surface area contributed by atoms with Crippen LogP contribution in [0.15, 0.2) is 211 Å². The van der Waals surface area contributed by atoms with Crippen molar-refractivity contribution >= 4 is 22.8 Å². The highest BCUT2D eigenvalue weighted by molar-refractivity contribution is 6.12. The summed E-state index contributed by atoms with van der Waals surface area (Å²) in [7, 11) is 0. The second-order valence-corrected chi connectivity index (χ2v) is 13.7. The van der Waals surface area contributed by atoms with Crippen LogP contribution in [0.1, 0.15) is 39.5 Å². The molecule has 0 saturated heterocycles. The lowest BCUT2D eigenvalue weighted by Crippen LogP contribution is -2.36. The molecule has 7 rings (SSSR count). The number of nitrogens with one attached hydrogen (secondary N) is 3. The third-order valence-corrected chi connectivity index (χ3v) is 9.74. The van der Waals surface area contributed by atoms with E-state index in [4.69, 9.17) is 21.9 Å². The van der Waals surface area contributed by atoms with E-state index >= 15 is 0 Å². The van der Waals surface area contributed by atoms with Gasteiger partial charge in [0, 0.05) is 11.4 Å². The first-order valence-electron chi connectivity index (χ1n) is 19.1. The maximum Gasteiger partial charge on any atom is 0.0823 e. The minimum Gasteiger partial charge on any atom is -0.398 e.